The summed E-state index contributed by atoms with van der Waals surface area (Å²) in [6.45, 7) is 6.34. The van der Waals surface area contributed by atoms with Gasteiger partial charge in [-0.25, -0.2) is 9.48 Å². The van der Waals surface area contributed by atoms with Crippen LogP contribution in [0.25, 0.3) is 28.1 Å². The molecule has 1 saturated carbocycles. The van der Waals surface area contributed by atoms with Crippen LogP contribution in [0.2, 0.25) is 10.0 Å². The van der Waals surface area contributed by atoms with Crippen LogP contribution < -0.4 is 26.2 Å². The zero-order chi connectivity index (χ0) is 30.5. The SMILES string of the molecule is C=C(NC1CC1)c1cc(OCCO)cc(-c2cccc(-c3cc(NC(=O)Nc4c(Cl)cncc4Cl)c(=O)n(CC)n3)c2)c1. The van der Waals surface area contributed by atoms with Crippen molar-refractivity contribution in [2.24, 2.45) is 0 Å². The number of urea groups is 1. The molecule has 10 nitrogen and oxygen atoms in total. The Morgan fingerprint density at radius 2 is 1.81 bits per heavy atom. The predicted octanol–water partition coefficient (Wildman–Crippen LogP) is 6.04. The third-order valence-corrected chi connectivity index (χ3v) is 7.25. The molecule has 4 aromatic rings. The molecule has 1 aliphatic carbocycles. The topological polar surface area (TPSA) is 130 Å². The standard InChI is InChI=1S/C31H30Cl2N6O4/c1-3-39-30(41)28(36-31(42)37-29-25(32)16-34-17-26(29)33)15-27(38-39)20-6-4-5-19(11-20)22-12-21(18(2)35-23-7-8-23)13-24(14-22)43-10-9-40/h4-6,11-17,23,35,40H,2-3,7-10H2,1H3,(H2,34,36,37,42). The molecule has 0 unspecified atom stereocenters. The number of nitrogens with one attached hydrogen (secondary N) is 3. The Hall–Kier alpha value is -4.38. The summed E-state index contributed by atoms with van der Waals surface area (Å²) in [5.74, 6) is 0.607. The molecule has 1 fully saturated rings. The Kier molecular flexibility index (Phi) is 9.30. The number of amides is 2. The van der Waals surface area contributed by atoms with Crippen LogP contribution in [0.5, 0.6) is 5.75 Å². The monoisotopic (exact) mass is 620 g/mol. The lowest BCUT2D eigenvalue weighted by atomic mass is 9.98. The zero-order valence-corrected chi connectivity index (χ0v) is 24.9. The van der Waals surface area contributed by atoms with Crippen molar-refractivity contribution < 1.29 is 14.6 Å². The van der Waals surface area contributed by atoms with Crippen LogP contribution in [0.1, 0.15) is 25.3 Å². The van der Waals surface area contributed by atoms with E-state index >= 15 is 0 Å². The van der Waals surface area contributed by atoms with Gasteiger partial charge in [-0.15, -0.1) is 0 Å². The molecule has 0 aliphatic heterocycles. The van der Waals surface area contributed by atoms with Gasteiger partial charge in [0.2, 0.25) is 0 Å². The molecule has 2 amide bonds. The van der Waals surface area contributed by atoms with Crippen LogP contribution in [0.15, 0.2) is 72.3 Å². The molecule has 0 saturated heterocycles. The Labute approximate surface area is 258 Å². The zero-order valence-electron chi connectivity index (χ0n) is 23.4. The smallest absolute Gasteiger partial charge is 0.323 e. The number of aliphatic hydroxyl groups is 1. The van der Waals surface area contributed by atoms with Gasteiger partial charge < -0.3 is 25.8 Å². The third-order valence-electron chi connectivity index (χ3n) is 6.68. The third kappa shape index (κ3) is 7.34. The van der Waals surface area contributed by atoms with Crippen LogP contribution >= 0.6 is 23.2 Å². The van der Waals surface area contributed by atoms with E-state index in [1.807, 2.05) is 42.5 Å². The second-order valence-corrected chi connectivity index (χ2v) is 10.7. The number of ether oxygens (including phenoxy) is 1. The minimum atomic E-state index is -0.701. The second-order valence-electron chi connectivity index (χ2n) is 9.92. The average Bonchev–Trinajstić information content (AvgIpc) is 3.83. The van der Waals surface area contributed by atoms with E-state index in [1.165, 1.54) is 23.1 Å². The number of carbonyl (C=O) groups is 1. The molecule has 0 radical (unpaired) electrons. The summed E-state index contributed by atoms with van der Waals surface area (Å²) < 4.78 is 7.04. The lowest BCUT2D eigenvalue weighted by Crippen LogP contribution is -2.29. The molecule has 0 bridgehead atoms. The molecule has 0 spiro atoms. The fourth-order valence-corrected chi connectivity index (χ4v) is 4.85. The number of aliphatic hydroxyl groups excluding tert-OH is 1. The first kappa shape index (κ1) is 30.1. The summed E-state index contributed by atoms with van der Waals surface area (Å²) >= 11 is 12.2. The summed E-state index contributed by atoms with van der Waals surface area (Å²) in [7, 11) is 0. The number of hydrogen-bond donors (Lipinski definition) is 4. The summed E-state index contributed by atoms with van der Waals surface area (Å²) in [5, 5.41) is 22.7. The number of aromatic nitrogens is 3. The number of carbonyl (C=O) groups excluding carboxylic acids is 1. The molecule has 4 N–H and O–H groups in total. The van der Waals surface area contributed by atoms with Gasteiger partial charge in [-0.05, 0) is 61.2 Å². The van der Waals surface area contributed by atoms with E-state index in [-0.39, 0.29) is 41.2 Å². The molecule has 222 valence electrons. The maximum atomic E-state index is 13.0. The van der Waals surface area contributed by atoms with Crippen molar-refractivity contribution in [1.29, 1.82) is 0 Å². The maximum Gasteiger partial charge on any atom is 0.323 e. The fourth-order valence-electron chi connectivity index (χ4n) is 4.39. The summed E-state index contributed by atoms with van der Waals surface area (Å²) in [4.78, 5) is 29.7. The fraction of sp³-hybridized carbons (Fsp3) is 0.226. The second kappa shape index (κ2) is 13.3. The minimum absolute atomic E-state index is 0.0280. The number of pyridine rings is 1. The van der Waals surface area contributed by atoms with Crippen molar-refractivity contribution in [2.75, 3.05) is 23.8 Å². The summed E-state index contributed by atoms with van der Waals surface area (Å²) in [6, 6.07) is 14.7. The Morgan fingerprint density at radius 1 is 1.07 bits per heavy atom. The molecule has 1 aliphatic rings. The van der Waals surface area contributed by atoms with Crippen LogP contribution in [-0.2, 0) is 6.54 Å². The van der Waals surface area contributed by atoms with Gasteiger partial charge in [-0.3, -0.25) is 9.78 Å². The lowest BCUT2D eigenvalue weighted by Gasteiger charge is -2.15. The number of halogens is 2. The highest BCUT2D eigenvalue weighted by Gasteiger charge is 2.22. The van der Waals surface area contributed by atoms with Gasteiger partial charge >= 0.3 is 6.03 Å². The number of rotatable bonds is 11. The molecular formula is C31H30Cl2N6O4. The first-order valence-electron chi connectivity index (χ1n) is 13.7. The quantitative estimate of drug-likeness (QED) is 0.161. The molecule has 43 heavy (non-hydrogen) atoms. The largest absolute Gasteiger partial charge is 0.491 e. The summed E-state index contributed by atoms with van der Waals surface area (Å²) in [6.07, 6.45) is 4.93. The Morgan fingerprint density at radius 3 is 2.51 bits per heavy atom. The molecule has 12 heteroatoms. The highest BCUT2D eigenvalue weighted by atomic mass is 35.5. The van der Waals surface area contributed by atoms with Gasteiger partial charge in [0.25, 0.3) is 5.56 Å². The molecule has 2 aromatic carbocycles. The maximum absolute atomic E-state index is 13.0. The highest BCUT2D eigenvalue weighted by molar-refractivity contribution is 6.39. The van der Waals surface area contributed by atoms with E-state index in [9.17, 15) is 14.7 Å². The average molecular weight is 622 g/mol. The van der Waals surface area contributed by atoms with E-state index in [4.69, 9.17) is 27.9 Å². The predicted molar refractivity (Wildman–Crippen MR) is 170 cm³/mol. The van der Waals surface area contributed by atoms with Crippen molar-refractivity contribution >= 4 is 46.3 Å². The van der Waals surface area contributed by atoms with Crippen LogP contribution in [0.4, 0.5) is 16.2 Å². The van der Waals surface area contributed by atoms with E-state index in [0.717, 1.165) is 40.8 Å². The van der Waals surface area contributed by atoms with Crippen LogP contribution in [0.3, 0.4) is 0 Å². The van der Waals surface area contributed by atoms with Gasteiger partial charge in [0.05, 0.1) is 28.0 Å². The molecular weight excluding hydrogens is 591 g/mol. The molecule has 5 rings (SSSR count). The first-order chi connectivity index (χ1) is 20.7. The number of aryl methyl sites for hydroxylation is 1. The number of benzene rings is 2. The molecule has 2 aromatic heterocycles. The van der Waals surface area contributed by atoms with Gasteiger partial charge in [0, 0.05) is 41.8 Å². The minimum Gasteiger partial charge on any atom is -0.491 e. The van der Waals surface area contributed by atoms with Crippen molar-refractivity contribution in [3.63, 3.8) is 0 Å². The van der Waals surface area contributed by atoms with E-state index in [1.54, 1.807) is 6.92 Å². The summed E-state index contributed by atoms with van der Waals surface area (Å²) in [5.41, 5.74) is 4.36. The number of nitrogens with zero attached hydrogens (tertiary/aromatic N) is 3. The van der Waals surface area contributed by atoms with Crippen molar-refractivity contribution in [3.05, 3.63) is 93.5 Å². The van der Waals surface area contributed by atoms with E-state index in [2.05, 4.69) is 32.6 Å². The van der Waals surface area contributed by atoms with Gasteiger partial charge in [0.1, 0.15) is 18.0 Å². The number of anilines is 2. The first-order valence-corrected chi connectivity index (χ1v) is 14.5. The van der Waals surface area contributed by atoms with E-state index in [0.29, 0.717) is 17.5 Å². The van der Waals surface area contributed by atoms with E-state index < -0.39 is 11.6 Å². The van der Waals surface area contributed by atoms with Crippen molar-refractivity contribution in [1.82, 2.24) is 20.1 Å². The van der Waals surface area contributed by atoms with Gasteiger partial charge in [-0.2, -0.15) is 5.10 Å². The molecule has 0 atom stereocenters. The van der Waals surface area contributed by atoms with Crippen LogP contribution in [-0.4, -0.2) is 45.2 Å². The Balaban J connectivity index is 1.47. The van der Waals surface area contributed by atoms with Gasteiger partial charge in [0.15, 0.2) is 0 Å². The normalized spacial score (nSPS) is 12.5. The van der Waals surface area contributed by atoms with Crippen molar-refractivity contribution in [3.8, 4) is 28.1 Å². The lowest BCUT2D eigenvalue weighted by molar-refractivity contribution is 0.201. The molecule has 2 heterocycles. The van der Waals surface area contributed by atoms with Gasteiger partial charge in [-0.1, -0.05) is 48.0 Å². The van der Waals surface area contributed by atoms with Crippen LogP contribution in [0, 0.1) is 0 Å². The highest BCUT2D eigenvalue weighted by Crippen LogP contribution is 2.33. The Bertz CT molecular complexity index is 1720. The van der Waals surface area contributed by atoms with Crippen molar-refractivity contribution in [2.45, 2.75) is 32.4 Å². The number of hydrogen-bond acceptors (Lipinski definition) is 7.